The summed E-state index contributed by atoms with van der Waals surface area (Å²) in [5.74, 6) is 0.731. The summed E-state index contributed by atoms with van der Waals surface area (Å²) in [5.41, 5.74) is 1.13. The highest BCUT2D eigenvalue weighted by atomic mass is 32.1. The number of nitrogens with one attached hydrogen (secondary N) is 2. The maximum atomic E-state index is 4.61. The van der Waals surface area contributed by atoms with Crippen LogP contribution in [0.15, 0.2) is 24.0 Å². The Balaban J connectivity index is 1.69. The molecule has 0 unspecified atom stereocenters. The molecule has 0 radical (unpaired) electrons. The fourth-order valence-electron chi connectivity index (χ4n) is 2.08. The van der Waals surface area contributed by atoms with Gasteiger partial charge in [-0.3, -0.25) is 4.98 Å². The highest BCUT2D eigenvalue weighted by molar-refractivity contribution is 7.13. The first kappa shape index (κ1) is 11.6. The SMILES string of the molecule is c1cnc(Nc2nc([C@H]3CCCCN3)cs2)cn1. The van der Waals surface area contributed by atoms with Crippen molar-refractivity contribution in [2.75, 3.05) is 11.9 Å². The number of nitrogens with zero attached hydrogens (tertiary/aromatic N) is 3. The summed E-state index contributed by atoms with van der Waals surface area (Å²) < 4.78 is 0. The number of thiazole rings is 1. The molecule has 0 aliphatic carbocycles. The molecule has 1 fully saturated rings. The van der Waals surface area contributed by atoms with Crippen molar-refractivity contribution in [3.63, 3.8) is 0 Å². The van der Waals surface area contributed by atoms with E-state index in [-0.39, 0.29) is 0 Å². The van der Waals surface area contributed by atoms with Crippen molar-refractivity contribution >= 4 is 22.3 Å². The lowest BCUT2D eigenvalue weighted by molar-refractivity contribution is 0.407. The van der Waals surface area contributed by atoms with E-state index in [1.54, 1.807) is 29.9 Å². The average molecular weight is 261 g/mol. The van der Waals surface area contributed by atoms with Crippen molar-refractivity contribution in [3.8, 4) is 0 Å². The molecule has 94 valence electrons. The summed E-state index contributed by atoms with van der Waals surface area (Å²) in [7, 11) is 0. The molecule has 2 N–H and O–H groups in total. The average Bonchev–Trinajstić information content (AvgIpc) is 2.89. The van der Waals surface area contributed by atoms with E-state index in [2.05, 4.69) is 31.0 Å². The molecule has 1 aliphatic rings. The second kappa shape index (κ2) is 5.41. The second-order valence-corrected chi connectivity index (χ2v) is 5.15. The van der Waals surface area contributed by atoms with Gasteiger partial charge in [0.05, 0.1) is 17.9 Å². The Kier molecular flexibility index (Phi) is 3.47. The number of hydrogen-bond acceptors (Lipinski definition) is 6. The van der Waals surface area contributed by atoms with E-state index in [1.165, 1.54) is 19.3 Å². The minimum Gasteiger partial charge on any atom is -0.315 e. The summed E-state index contributed by atoms with van der Waals surface area (Å²) in [6.07, 6.45) is 8.74. The molecule has 2 aromatic heterocycles. The van der Waals surface area contributed by atoms with Crippen molar-refractivity contribution in [1.29, 1.82) is 0 Å². The second-order valence-electron chi connectivity index (χ2n) is 4.30. The Morgan fingerprint density at radius 1 is 1.33 bits per heavy atom. The van der Waals surface area contributed by atoms with Gasteiger partial charge in [0.15, 0.2) is 10.9 Å². The van der Waals surface area contributed by atoms with Gasteiger partial charge in [-0.2, -0.15) is 0 Å². The van der Waals surface area contributed by atoms with Gasteiger partial charge < -0.3 is 10.6 Å². The van der Waals surface area contributed by atoms with Gasteiger partial charge in [0.2, 0.25) is 0 Å². The Morgan fingerprint density at radius 3 is 3.11 bits per heavy atom. The van der Waals surface area contributed by atoms with Crippen molar-refractivity contribution in [2.45, 2.75) is 25.3 Å². The maximum absolute atomic E-state index is 4.61. The van der Waals surface area contributed by atoms with Crippen LogP contribution in [0.1, 0.15) is 31.0 Å². The lowest BCUT2D eigenvalue weighted by Crippen LogP contribution is -2.26. The molecule has 0 spiro atoms. The molecule has 0 amide bonds. The zero-order valence-corrected chi connectivity index (χ0v) is 10.8. The number of hydrogen-bond donors (Lipinski definition) is 2. The summed E-state index contributed by atoms with van der Waals surface area (Å²) in [6.45, 7) is 1.09. The molecule has 1 saturated heterocycles. The van der Waals surface area contributed by atoms with E-state index in [1.807, 2.05) is 0 Å². The molecule has 2 aromatic rings. The van der Waals surface area contributed by atoms with Crippen molar-refractivity contribution in [1.82, 2.24) is 20.3 Å². The quantitative estimate of drug-likeness (QED) is 0.888. The Hall–Kier alpha value is -1.53. The van der Waals surface area contributed by atoms with E-state index in [0.717, 1.165) is 23.2 Å². The van der Waals surface area contributed by atoms with Crippen LogP contribution in [0.3, 0.4) is 0 Å². The van der Waals surface area contributed by atoms with Crippen LogP contribution in [-0.2, 0) is 0 Å². The molecular weight excluding hydrogens is 246 g/mol. The van der Waals surface area contributed by atoms with Gasteiger partial charge in [-0.1, -0.05) is 6.42 Å². The third-order valence-corrected chi connectivity index (χ3v) is 3.76. The van der Waals surface area contributed by atoms with Gasteiger partial charge in [0, 0.05) is 17.8 Å². The van der Waals surface area contributed by atoms with Crippen molar-refractivity contribution < 1.29 is 0 Å². The first-order chi connectivity index (χ1) is 8.92. The fourth-order valence-corrected chi connectivity index (χ4v) is 2.85. The van der Waals surface area contributed by atoms with E-state index in [9.17, 15) is 0 Å². The predicted octanol–water partition coefficient (Wildman–Crippen LogP) is 2.49. The monoisotopic (exact) mass is 261 g/mol. The number of piperidine rings is 1. The minimum atomic E-state index is 0.410. The molecule has 6 heteroatoms. The third-order valence-electron chi connectivity index (χ3n) is 2.99. The summed E-state index contributed by atoms with van der Waals surface area (Å²) in [5, 5.41) is 9.66. The van der Waals surface area contributed by atoms with Crippen LogP contribution in [0.2, 0.25) is 0 Å². The fraction of sp³-hybridized carbons (Fsp3) is 0.417. The normalized spacial score (nSPS) is 19.7. The van der Waals surface area contributed by atoms with E-state index in [4.69, 9.17) is 0 Å². The highest BCUT2D eigenvalue weighted by Gasteiger charge is 2.17. The standard InChI is InChI=1S/C12H15N5S/c1-2-4-14-9(3-1)10-8-18-12(16-10)17-11-7-13-5-6-15-11/h5-9,14H,1-4H2,(H,15,16,17)/t9-/m1/s1. The smallest absolute Gasteiger partial charge is 0.188 e. The summed E-state index contributed by atoms with van der Waals surface area (Å²) in [6, 6.07) is 0.410. The molecule has 1 atom stereocenters. The van der Waals surface area contributed by atoms with Gasteiger partial charge in [0.1, 0.15) is 0 Å². The highest BCUT2D eigenvalue weighted by Crippen LogP contribution is 2.27. The van der Waals surface area contributed by atoms with Crippen molar-refractivity contribution in [2.24, 2.45) is 0 Å². The molecule has 5 nitrogen and oxygen atoms in total. The van der Waals surface area contributed by atoms with Crippen molar-refractivity contribution in [3.05, 3.63) is 29.7 Å². The predicted molar refractivity (Wildman–Crippen MR) is 72.0 cm³/mol. The molecule has 18 heavy (non-hydrogen) atoms. The van der Waals surface area contributed by atoms with Gasteiger partial charge in [-0.05, 0) is 19.4 Å². The summed E-state index contributed by atoms with van der Waals surface area (Å²) >= 11 is 1.61. The molecule has 1 aliphatic heterocycles. The first-order valence-corrected chi connectivity index (χ1v) is 7.01. The van der Waals surface area contributed by atoms with Crippen LogP contribution >= 0.6 is 11.3 Å². The van der Waals surface area contributed by atoms with Crippen LogP contribution < -0.4 is 10.6 Å². The van der Waals surface area contributed by atoms with E-state index < -0.39 is 0 Å². The first-order valence-electron chi connectivity index (χ1n) is 6.14. The van der Waals surface area contributed by atoms with E-state index >= 15 is 0 Å². The molecule has 0 bridgehead atoms. The number of aromatic nitrogens is 3. The minimum absolute atomic E-state index is 0.410. The van der Waals surface area contributed by atoms with Crippen LogP contribution in [0.25, 0.3) is 0 Å². The van der Waals surface area contributed by atoms with Gasteiger partial charge in [-0.15, -0.1) is 11.3 Å². The molecule has 0 saturated carbocycles. The number of rotatable bonds is 3. The van der Waals surface area contributed by atoms with Crippen LogP contribution in [0.5, 0.6) is 0 Å². The molecular formula is C12H15N5S. The van der Waals surface area contributed by atoms with Crippen LogP contribution in [0.4, 0.5) is 10.9 Å². The molecule has 0 aromatic carbocycles. The lowest BCUT2D eigenvalue weighted by atomic mass is 10.0. The van der Waals surface area contributed by atoms with Crippen LogP contribution in [0, 0.1) is 0 Å². The zero-order valence-electron chi connectivity index (χ0n) is 9.97. The summed E-state index contributed by atoms with van der Waals surface area (Å²) in [4.78, 5) is 12.8. The lowest BCUT2D eigenvalue weighted by Gasteiger charge is -2.21. The van der Waals surface area contributed by atoms with E-state index in [0.29, 0.717) is 6.04 Å². The molecule has 3 rings (SSSR count). The Labute approximate surface area is 110 Å². The van der Waals surface area contributed by atoms with Gasteiger partial charge >= 0.3 is 0 Å². The molecule has 3 heterocycles. The Bertz CT molecular complexity index is 492. The van der Waals surface area contributed by atoms with Crippen LogP contribution in [-0.4, -0.2) is 21.5 Å². The third kappa shape index (κ3) is 2.65. The van der Waals surface area contributed by atoms with Gasteiger partial charge in [-0.25, -0.2) is 9.97 Å². The maximum Gasteiger partial charge on any atom is 0.188 e. The number of anilines is 2. The Morgan fingerprint density at radius 2 is 2.33 bits per heavy atom. The largest absolute Gasteiger partial charge is 0.315 e. The van der Waals surface area contributed by atoms with Gasteiger partial charge in [0.25, 0.3) is 0 Å². The zero-order chi connectivity index (χ0) is 12.2. The topological polar surface area (TPSA) is 62.7 Å².